The normalized spacial score (nSPS) is 15.1. The van der Waals surface area contributed by atoms with Crippen molar-refractivity contribution in [1.29, 1.82) is 0 Å². The van der Waals surface area contributed by atoms with Gasteiger partial charge < -0.3 is 10.4 Å². The Labute approximate surface area is 148 Å². The van der Waals surface area contributed by atoms with Gasteiger partial charge in [0.25, 0.3) is 12.3 Å². The fourth-order valence-corrected chi connectivity index (χ4v) is 2.81. The van der Waals surface area contributed by atoms with Crippen LogP contribution in [0.3, 0.4) is 0 Å². The fraction of sp³-hybridized carbons (Fsp3) is 0.389. The molecule has 0 bridgehead atoms. The standard InChI is InChI=1S/C18H19F2N3O3/c1-23-9-12(16(22-23)17(19)20)18(26)21-13-5-3-2-4-11(13)15(25)8-14(24)10-6-7-10/h2-5,9-10,15,17,25H,6-8H2,1H3,(H,21,26). The van der Waals surface area contributed by atoms with Crippen LogP contribution < -0.4 is 5.32 Å². The summed E-state index contributed by atoms with van der Waals surface area (Å²) >= 11 is 0. The monoisotopic (exact) mass is 363 g/mol. The van der Waals surface area contributed by atoms with Crippen LogP contribution in [-0.4, -0.2) is 26.6 Å². The van der Waals surface area contributed by atoms with Gasteiger partial charge in [-0.05, 0) is 18.9 Å². The number of rotatable bonds is 7. The Hall–Kier alpha value is -2.61. The number of Topliss-reactive ketones (excluding diaryl/α,β-unsaturated/α-hetero) is 1. The molecular formula is C18H19F2N3O3. The molecule has 2 aromatic rings. The SMILES string of the molecule is Cn1cc(C(=O)Nc2ccccc2C(O)CC(=O)C2CC2)c(C(F)F)n1. The molecule has 0 saturated heterocycles. The first-order valence-electron chi connectivity index (χ1n) is 8.29. The van der Waals surface area contributed by atoms with E-state index in [2.05, 4.69) is 10.4 Å². The van der Waals surface area contributed by atoms with E-state index in [1.807, 2.05) is 0 Å². The maximum absolute atomic E-state index is 13.0. The van der Waals surface area contributed by atoms with E-state index < -0.39 is 24.1 Å². The van der Waals surface area contributed by atoms with Gasteiger partial charge in [-0.2, -0.15) is 5.10 Å². The number of halogens is 2. The molecule has 26 heavy (non-hydrogen) atoms. The van der Waals surface area contributed by atoms with Crippen molar-refractivity contribution in [1.82, 2.24) is 9.78 Å². The number of aromatic nitrogens is 2. The number of benzene rings is 1. The lowest BCUT2D eigenvalue weighted by atomic mass is 10.0. The van der Waals surface area contributed by atoms with Crippen molar-refractivity contribution < 1.29 is 23.5 Å². The number of aryl methyl sites for hydroxylation is 1. The van der Waals surface area contributed by atoms with Crippen molar-refractivity contribution in [3.63, 3.8) is 0 Å². The molecule has 3 rings (SSSR count). The van der Waals surface area contributed by atoms with E-state index in [9.17, 15) is 23.5 Å². The van der Waals surface area contributed by atoms with Crippen LogP contribution in [0.15, 0.2) is 30.5 Å². The van der Waals surface area contributed by atoms with Crippen LogP contribution in [0.5, 0.6) is 0 Å². The predicted molar refractivity (Wildman–Crippen MR) is 89.9 cm³/mol. The molecule has 1 saturated carbocycles. The van der Waals surface area contributed by atoms with E-state index >= 15 is 0 Å². The highest BCUT2D eigenvalue weighted by Gasteiger charge is 2.31. The Kier molecular flexibility index (Phi) is 5.13. The highest BCUT2D eigenvalue weighted by molar-refractivity contribution is 6.05. The third-order valence-corrected chi connectivity index (χ3v) is 4.30. The van der Waals surface area contributed by atoms with Crippen molar-refractivity contribution in [3.8, 4) is 0 Å². The van der Waals surface area contributed by atoms with Gasteiger partial charge in [-0.15, -0.1) is 0 Å². The molecular weight excluding hydrogens is 344 g/mol. The average Bonchev–Trinajstić information content (AvgIpc) is 3.37. The van der Waals surface area contributed by atoms with Gasteiger partial charge in [-0.1, -0.05) is 18.2 Å². The molecule has 0 aliphatic heterocycles. The smallest absolute Gasteiger partial charge is 0.282 e. The summed E-state index contributed by atoms with van der Waals surface area (Å²) in [5.74, 6) is -0.733. The first-order valence-corrected chi connectivity index (χ1v) is 8.29. The fourth-order valence-electron chi connectivity index (χ4n) is 2.81. The van der Waals surface area contributed by atoms with Gasteiger partial charge in [0.05, 0.1) is 11.7 Å². The minimum atomic E-state index is -2.88. The Morgan fingerprint density at radius 1 is 1.35 bits per heavy atom. The summed E-state index contributed by atoms with van der Waals surface area (Å²) in [6.07, 6.45) is -1.07. The summed E-state index contributed by atoms with van der Waals surface area (Å²) in [4.78, 5) is 24.3. The minimum Gasteiger partial charge on any atom is -0.388 e. The number of aliphatic hydroxyl groups is 1. The van der Waals surface area contributed by atoms with Crippen molar-refractivity contribution in [2.75, 3.05) is 5.32 Å². The van der Waals surface area contributed by atoms with Crippen LogP contribution in [0.25, 0.3) is 0 Å². The lowest BCUT2D eigenvalue weighted by Gasteiger charge is -2.15. The third kappa shape index (κ3) is 3.96. The van der Waals surface area contributed by atoms with E-state index in [0.717, 1.165) is 17.5 Å². The van der Waals surface area contributed by atoms with Gasteiger partial charge >= 0.3 is 0 Å². The molecule has 0 spiro atoms. The van der Waals surface area contributed by atoms with Crippen LogP contribution in [0.4, 0.5) is 14.5 Å². The number of alkyl halides is 2. The second-order valence-corrected chi connectivity index (χ2v) is 6.40. The maximum Gasteiger partial charge on any atom is 0.282 e. The first kappa shape index (κ1) is 18.2. The molecule has 1 unspecified atom stereocenters. The topological polar surface area (TPSA) is 84.2 Å². The van der Waals surface area contributed by atoms with Crippen molar-refractivity contribution in [3.05, 3.63) is 47.3 Å². The number of carbonyl (C=O) groups excluding carboxylic acids is 2. The number of hydrogen-bond donors (Lipinski definition) is 2. The molecule has 0 radical (unpaired) electrons. The Morgan fingerprint density at radius 2 is 2.04 bits per heavy atom. The molecule has 1 heterocycles. The molecule has 1 atom stereocenters. The predicted octanol–water partition coefficient (Wildman–Crippen LogP) is 3.01. The highest BCUT2D eigenvalue weighted by atomic mass is 19.3. The number of nitrogens with one attached hydrogen (secondary N) is 1. The number of nitrogens with zero attached hydrogens (tertiary/aromatic N) is 2. The zero-order valence-electron chi connectivity index (χ0n) is 14.2. The van der Waals surface area contributed by atoms with Crippen molar-refractivity contribution in [2.24, 2.45) is 13.0 Å². The van der Waals surface area contributed by atoms with Crippen LogP contribution in [-0.2, 0) is 11.8 Å². The number of ketones is 1. The summed E-state index contributed by atoms with van der Waals surface area (Å²) in [6.45, 7) is 0. The number of carbonyl (C=O) groups is 2. The summed E-state index contributed by atoms with van der Waals surface area (Å²) < 4.78 is 27.2. The van der Waals surface area contributed by atoms with E-state index in [4.69, 9.17) is 0 Å². The van der Waals surface area contributed by atoms with Crippen molar-refractivity contribution in [2.45, 2.75) is 31.8 Å². The zero-order valence-corrected chi connectivity index (χ0v) is 14.2. The molecule has 1 amide bonds. The second kappa shape index (κ2) is 7.33. The van der Waals surface area contributed by atoms with Crippen LogP contribution in [0.2, 0.25) is 0 Å². The average molecular weight is 363 g/mol. The van der Waals surface area contributed by atoms with Gasteiger partial charge in [-0.3, -0.25) is 14.3 Å². The largest absolute Gasteiger partial charge is 0.388 e. The molecule has 1 aromatic carbocycles. The lowest BCUT2D eigenvalue weighted by Crippen LogP contribution is -2.16. The summed E-state index contributed by atoms with van der Waals surface area (Å²) in [5, 5.41) is 16.5. The number of aliphatic hydroxyl groups excluding tert-OH is 1. The number of amides is 1. The van der Waals surface area contributed by atoms with E-state index in [-0.39, 0.29) is 29.4 Å². The summed E-state index contributed by atoms with van der Waals surface area (Å²) in [5.41, 5.74) is -0.192. The molecule has 1 aliphatic carbocycles. The van der Waals surface area contributed by atoms with Crippen molar-refractivity contribution >= 4 is 17.4 Å². The Bertz CT molecular complexity index is 831. The number of hydrogen-bond acceptors (Lipinski definition) is 4. The van der Waals surface area contributed by atoms with E-state index in [1.54, 1.807) is 24.3 Å². The van der Waals surface area contributed by atoms with Gasteiger partial charge in [0.1, 0.15) is 11.5 Å². The number of para-hydroxylation sites is 1. The minimum absolute atomic E-state index is 0.00845. The summed E-state index contributed by atoms with van der Waals surface area (Å²) in [6, 6.07) is 6.46. The Morgan fingerprint density at radius 3 is 2.69 bits per heavy atom. The van der Waals surface area contributed by atoms with Crippen LogP contribution >= 0.6 is 0 Å². The molecule has 138 valence electrons. The van der Waals surface area contributed by atoms with Gasteiger partial charge in [0.15, 0.2) is 0 Å². The molecule has 1 aromatic heterocycles. The molecule has 8 heteroatoms. The molecule has 6 nitrogen and oxygen atoms in total. The summed E-state index contributed by atoms with van der Waals surface area (Å²) in [7, 11) is 1.45. The highest BCUT2D eigenvalue weighted by Crippen LogP contribution is 2.34. The number of anilines is 1. The van der Waals surface area contributed by atoms with Crippen LogP contribution in [0, 0.1) is 5.92 Å². The van der Waals surface area contributed by atoms with Gasteiger partial charge in [0.2, 0.25) is 0 Å². The zero-order chi connectivity index (χ0) is 18.8. The van der Waals surface area contributed by atoms with E-state index in [1.165, 1.54) is 13.2 Å². The first-order chi connectivity index (χ1) is 12.4. The Balaban J connectivity index is 1.79. The van der Waals surface area contributed by atoms with Crippen LogP contribution in [0.1, 0.15) is 53.4 Å². The second-order valence-electron chi connectivity index (χ2n) is 6.40. The maximum atomic E-state index is 13.0. The molecule has 1 fully saturated rings. The van der Waals surface area contributed by atoms with Gasteiger partial charge in [-0.25, -0.2) is 8.78 Å². The molecule has 2 N–H and O–H groups in total. The van der Waals surface area contributed by atoms with Gasteiger partial charge in [0, 0.05) is 36.8 Å². The van der Waals surface area contributed by atoms with E-state index in [0.29, 0.717) is 5.56 Å². The molecule has 1 aliphatic rings. The lowest BCUT2D eigenvalue weighted by molar-refractivity contribution is -0.122. The third-order valence-electron chi connectivity index (χ3n) is 4.30. The quantitative estimate of drug-likeness (QED) is 0.792.